The van der Waals surface area contributed by atoms with Crippen LogP contribution in [0.15, 0.2) is 40.9 Å². The number of rotatable bonds is 4. The van der Waals surface area contributed by atoms with E-state index in [-0.39, 0.29) is 15.8 Å². The number of hydrogen-bond donors (Lipinski definition) is 1. The van der Waals surface area contributed by atoms with E-state index >= 15 is 0 Å². The smallest absolute Gasteiger partial charge is 0.295 e. The van der Waals surface area contributed by atoms with E-state index in [1.807, 2.05) is 6.07 Å². The van der Waals surface area contributed by atoms with Crippen LogP contribution < -0.4 is 5.32 Å². The maximum atomic E-state index is 13.3. The zero-order chi connectivity index (χ0) is 14.7. The van der Waals surface area contributed by atoms with E-state index < -0.39 is 10.7 Å². The van der Waals surface area contributed by atoms with Gasteiger partial charge in [-0.3, -0.25) is 10.1 Å². The van der Waals surface area contributed by atoms with Gasteiger partial charge >= 0.3 is 0 Å². The van der Waals surface area contributed by atoms with Gasteiger partial charge in [0.25, 0.3) is 5.69 Å². The summed E-state index contributed by atoms with van der Waals surface area (Å²) in [6, 6.07) is 9.36. The molecular weight excluding hydrogens is 351 g/mol. The first-order valence-electron chi connectivity index (χ1n) is 5.59. The molecule has 0 amide bonds. The largest absolute Gasteiger partial charge is 0.375 e. The van der Waals surface area contributed by atoms with Crippen LogP contribution >= 0.6 is 27.5 Å². The molecule has 0 saturated heterocycles. The van der Waals surface area contributed by atoms with Crippen molar-refractivity contribution in [1.29, 1.82) is 0 Å². The topological polar surface area (TPSA) is 55.2 Å². The van der Waals surface area contributed by atoms with Gasteiger partial charge in [0.2, 0.25) is 0 Å². The summed E-state index contributed by atoms with van der Waals surface area (Å²) in [5.41, 5.74) is 0.699. The Kier molecular flexibility index (Phi) is 4.57. The molecule has 0 unspecified atom stereocenters. The normalized spacial score (nSPS) is 10.3. The van der Waals surface area contributed by atoms with Gasteiger partial charge in [-0.1, -0.05) is 29.8 Å². The van der Waals surface area contributed by atoms with E-state index in [2.05, 4.69) is 21.2 Å². The molecular formula is C13H9BrClFN2O2. The highest BCUT2D eigenvalue weighted by Crippen LogP contribution is 2.31. The van der Waals surface area contributed by atoms with Crippen LogP contribution in [-0.2, 0) is 6.54 Å². The number of nitro benzene ring substituents is 1. The molecule has 0 saturated carbocycles. The molecule has 0 aromatic heterocycles. The molecule has 0 spiro atoms. The molecule has 20 heavy (non-hydrogen) atoms. The molecule has 1 N–H and O–H groups in total. The van der Waals surface area contributed by atoms with Crippen molar-refractivity contribution in [2.45, 2.75) is 6.54 Å². The lowest BCUT2D eigenvalue weighted by molar-refractivity contribution is -0.384. The van der Waals surface area contributed by atoms with Crippen LogP contribution in [0.2, 0.25) is 5.02 Å². The Hall–Kier alpha value is -1.66. The monoisotopic (exact) mass is 358 g/mol. The van der Waals surface area contributed by atoms with Crippen molar-refractivity contribution in [3.05, 3.63) is 67.4 Å². The molecule has 0 radical (unpaired) electrons. The van der Waals surface area contributed by atoms with Gasteiger partial charge in [-0.05, 0) is 33.6 Å². The van der Waals surface area contributed by atoms with Crippen LogP contribution in [0, 0.1) is 15.9 Å². The Labute approximate surface area is 127 Å². The molecule has 2 aromatic carbocycles. The Bertz CT molecular complexity index is 667. The van der Waals surface area contributed by atoms with E-state index in [0.29, 0.717) is 11.6 Å². The van der Waals surface area contributed by atoms with Crippen LogP contribution in [0.1, 0.15) is 5.56 Å². The summed E-state index contributed by atoms with van der Waals surface area (Å²) in [5, 5.41) is 14.4. The minimum absolute atomic E-state index is 0.157. The molecule has 4 nitrogen and oxygen atoms in total. The lowest BCUT2D eigenvalue weighted by atomic mass is 10.2. The van der Waals surface area contributed by atoms with Gasteiger partial charge in [-0.2, -0.15) is 0 Å². The summed E-state index contributed by atoms with van der Waals surface area (Å²) >= 11 is 9.01. The standard InChI is InChI=1S/C13H9BrClFN2O2/c14-9-5-12(13(18(19)20)6-11(9)16)17-7-8-3-1-2-4-10(8)15/h1-6,17H,7H2. The van der Waals surface area contributed by atoms with Gasteiger partial charge in [0.1, 0.15) is 11.5 Å². The average molecular weight is 360 g/mol. The molecule has 0 aliphatic rings. The van der Waals surface area contributed by atoms with Crippen molar-refractivity contribution in [2.75, 3.05) is 5.32 Å². The van der Waals surface area contributed by atoms with Gasteiger partial charge in [0, 0.05) is 11.6 Å². The molecule has 0 bridgehead atoms. The molecule has 2 rings (SSSR count). The number of hydrogen-bond acceptors (Lipinski definition) is 3. The Morgan fingerprint density at radius 2 is 2.05 bits per heavy atom. The number of nitrogens with one attached hydrogen (secondary N) is 1. The zero-order valence-corrected chi connectivity index (χ0v) is 12.4. The summed E-state index contributed by atoms with van der Waals surface area (Å²) in [7, 11) is 0. The van der Waals surface area contributed by atoms with Crippen LogP contribution in [0.3, 0.4) is 0 Å². The van der Waals surface area contributed by atoms with Crippen molar-refractivity contribution < 1.29 is 9.31 Å². The third-order valence-corrected chi connectivity index (χ3v) is 3.64. The van der Waals surface area contributed by atoms with E-state index in [0.717, 1.165) is 11.6 Å². The fourth-order valence-electron chi connectivity index (χ4n) is 1.66. The Morgan fingerprint density at radius 1 is 1.35 bits per heavy atom. The number of benzene rings is 2. The van der Waals surface area contributed by atoms with Crippen LogP contribution in [0.25, 0.3) is 0 Å². The highest BCUT2D eigenvalue weighted by Gasteiger charge is 2.17. The highest BCUT2D eigenvalue weighted by molar-refractivity contribution is 9.10. The van der Waals surface area contributed by atoms with E-state index in [9.17, 15) is 14.5 Å². The van der Waals surface area contributed by atoms with Gasteiger partial charge in [-0.15, -0.1) is 0 Å². The highest BCUT2D eigenvalue weighted by atomic mass is 79.9. The quantitative estimate of drug-likeness (QED) is 0.632. The van der Waals surface area contributed by atoms with E-state index in [1.165, 1.54) is 6.07 Å². The third-order valence-electron chi connectivity index (χ3n) is 2.66. The molecule has 104 valence electrons. The summed E-state index contributed by atoms with van der Waals surface area (Å²) in [4.78, 5) is 10.3. The first-order valence-corrected chi connectivity index (χ1v) is 6.77. The van der Waals surface area contributed by atoms with Gasteiger partial charge in [-0.25, -0.2) is 4.39 Å². The number of nitro groups is 1. The SMILES string of the molecule is O=[N+]([O-])c1cc(F)c(Br)cc1NCc1ccccc1Cl. The van der Waals surface area contributed by atoms with Crippen molar-refractivity contribution in [1.82, 2.24) is 0 Å². The summed E-state index contributed by atoms with van der Waals surface area (Å²) in [5.74, 6) is -0.681. The molecule has 0 fully saturated rings. The van der Waals surface area contributed by atoms with E-state index in [4.69, 9.17) is 11.6 Å². The van der Waals surface area contributed by atoms with Crippen LogP contribution in [0.4, 0.5) is 15.8 Å². The number of halogens is 3. The second-order valence-corrected chi connectivity index (χ2v) is 5.25. The summed E-state index contributed by atoms with van der Waals surface area (Å²) in [6.07, 6.45) is 0. The molecule has 2 aromatic rings. The second-order valence-electron chi connectivity index (χ2n) is 3.99. The average Bonchev–Trinajstić information content (AvgIpc) is 2.41. The first kappa shape index (κ1) is 14.7. The van der Waals surface area contributed by atoms with Crippen LogP contribution in [-0.4, -0.2) is 4.92 Å². The molecule has 0 heterocycles. The third kappa shape index (κ3) is 3.26. The predicted octanol–water partition coefficient (Wildman–Crippen LogP) is 4.76. The Balaban J connectivity index is 2.27. The van der Waals surface area contributed by atoms with Crippen molar-refractivity contribution in [2.24, 2.45) is 0 Å². The number of anilines is 1. The van der Waals surface area contributed by atoms with Gasteiger partial charge < -0.3 is 5.32 Å². The van der Waals surface area contributed by atoms with Gasteiger partial charge in [0.15, 0.2) is 0 Å². The number of nitrogens with zero attached hydrogens (tertiary/aromatic N) is 1. The van der Waals surface area contributed by atoms with E-state index in [1.54, 1.807) is 18.2 Å². The predicted molar refractivity (Wildman–Crippen MR) is 79.5 cm³/mol. The fraction of sp³-hybridized carbons (Fsp3) is 0.0769. The van der Waals surface area contributed by atoms with Crippen molar-refractivity contribution >= 4 is 38.9 Å². The van der Waals surface area contributed by atoms with Gasteiger partial charge in [0.05, 0.1) is 15.5 Å². The first-order chi connectivity index (χ1) is 9.49. The fourth-order valence-corrected chi connectivity index (χ4v) is 2.21. The minimum Gasteiger partial charge on any atom is -0.375 e. The minimum atomic E-state index is -0.681. The van der Waals surface area contributed by atoms with Crippen molar-refractivity contribution in [3.8, 4) is 0 Å². The molecule has 7 heteroatoms. The second kappa shape index (κ2) is 6.19. The maximum absolute atomic E-state index is 13.3. The summed E-state index contributed by atoms with van der Waals surface area (Å²) in [6.45, 7) is 0.304. The molecule has 0 aliphatic carbocycles. The molecule has 0 aliphatic heterocycles. The van der Waals surface area contributed by atoms with Crippen LogP contribution in [0.5, 0.6) is 0 Å². The maximum Gasteiger partial charge on any atom is 0.295 e. The molecule has 0 atom stereocenters. The zero-order valence-electron chi connectivity index (χ0n) is 10.1. The lowest BCUT2D eigenvalue weighted by Crippen LogP contribution is -2.04. The summed E-state index contributed by atoms with van der Waals surface area (Å²) < 4.78 is 13.5. The van der Waals surface area contributed by atoms with Crippen molar-refractivity contribution in [3.63, 3.8) is 0 Å². The Morgan fingerprint density at radius 3 is 2.70 bits per heavy atom. The lowest BCUT2D eigenvalue weighted by Gasteiger charge is -2.09.